The highest BCUT2D eigenvalue weighted by Crippen LogP contribution is 2.10. The van der Waals surface area contributed by atoms with Gasteiger partial charge in [-0.05, 0) is 18.1 Å². The van der Waals surface area contributed by atoms with Gasteiger partial charge in [0.1, 0.15) is 6.04 Å². The second kappa shape index (κ2) is 5.84. The summed E-state index contributed by atoms with van der Waals surface area (Å²) < 4.78 is 0. The molecule has 0 aliphatic carbocycles. The fourth-order valence-electron chi connectivity index (χ4n) is 2.19. The van der Waals surface area contributed by atoms with Gasteiger partial charge in [0.05, 0.1) is 6.42 Å². The van der Waals surface area contributed by atoms with Crippen molar-refractivity contribution >= 4 is 11.8 Å². The molecule has 0 spiro atoms. The maximum Gasteiger partial charge on any atom is 0.242 e. The summed E-state index contributed by atoms with van der Waals surface area (Å²) in [7, 11) is 0. The van der Waals surface area contributed by atoms with Crippen LogP contribution in [0.4, 0.5) is 0 Å². The lowest BCUT2D eigenvalue weighted by Gasteiger charge is -2.32. The van der Waals surface area contributed by atoms with Crippen LogP contribution in [0.2, 0.25) is 0 Å². The number of amides is 2. The van der Waals surface area contributed by atoms with E-state index in [9.17, 15) is 9.59 Å². The normalized spacial score (nSPS) is 19.2. The van der Waals surface area contributed by atoms with Crippen LogP contribution in [-0.4, -0.2) is 35.8 Å². The van der Waals surface area contributed by atoms with Gasteiger partial charge in [0.2, 0.25) is 11.8 Å². The third-order valence-electron chi connectivity index (χ3n) is 3.43. The first-order valence-electron chi connectivity index (χ1n) is 6.47. The van der Waals surface area contributed by atoms with E-state index in [0.717, 1.165) is 11.1 Å². The number of benzene rings is 1. The lowest BCUT2D eigenvalue weighted by molar-refractivity contribution is -0.142. The highest BCUT2D eigenvalue weighted by molar-refractivity contribution is 5.89. The van der Waals surface area contributed by atoms with Crippen molar-refractivity contribution in [3.8, 4) is 0 Å². The van der Waals surface area contributed by atoms with Gasteiger partial charge in [-0.25, -0.2) is 0 Å². The number of nitrogens with zero attached hydrogens (tertiary/aromatic N) is 1. The van der Waals surface area contributed by atoms with Crippen LogP contribution in [0.25, 0.3) is 0 Å². The largest absolute Gasteiger partial charge is 0.353 e. The molecular formula is C14H19N3O2. The third-order valence-corrected chi connectivity index (χ3v) is 3.43. The van der Waals surface area contributed by atoms with Gasteiger partial charge >= 0.3 is 0 Å². The van der Waals surface area contributed by atoms with Gasteiger partial charge in [-0.3, -0.25) is 9.59 Å². The summed E-state index contributed by atoms with van der Waals surface area (Å²) in [6.45, 7) is 3.36. The Balaban J connectivity index is 2.01. The van der Waals surface area contributed by atoms with E-state index in [-0.39, 0.29) is 17.9 Å². The van der Waals surface area contributed by atoms with Crippen LogP contribution in [0.3, 0.4) is 0 Å². The van der Waals surface area contributed by atoms with E-state index in [1.165, 1.54) is 0 Å². The molecule has 1 aromatic rings. The van der Waals surface area contributed by atoms with Gasteiger partial charge in [0.15, 0.2) is 0 Å². The zero-order valence-corrected chi connectivity index (χ0v) is 11.1. The molecule has 0 aromatic heterocycles. The Kier molecular flexibility index (Phi) is 4.16. The van der Waals surface area contributed by atoms with Crippen molar-refractivity contribution < 1.29 is 9.59 Å². The average molecular weight is 261 g/mol. The molecule has 1 aromatic carbocycles. The standard InChI is InChI=1S/C14H19N3O2/c1-10-14(19)16-6-7-17(10)13(18)8-11-2-4-12(9-15)5-3-11/h2-5,10H,6-9,15H2,1H3,(H,16,19). The summed E-state index contributed by atoms with van der Waals surface area (Å²) in [5.74, 6) is -0.0964. The average Bonchev–Trinajstić information content (AvgIpc) is 2.42. The molecular weight excluding hydrogens is 242 g/mol. The first-order valence-corrected chi connectivity index (χ1v) is 6.47. The van der Waals surface area contributed by atoms with Crippen LogP contribution in [0.5, 0.6) is 0 Å². The smallest absolute Gasteiger partial charge is 0.242 e. The van der Waals surface area contributed by atoms with E-state index < -0.39 is 0 Å². The maximum atomic E-state index is 12.2. The minimum Gasteiger partial charge on any atom is -0.353 e. The van der Waals surface area contributed by atoms with Crippen LogP contribution < -0.4 is 11.1 Å². The summed E-state index contributed by atoms with van der Waals surface area (Å²) in [5.41, 5.74) is 7.52. The van der Waals surface area contributed by atoms with Crippen molar-refractivity contribution in [2.24, 2.45) is 5.73 Å². The first kappa shape index (κ1) is 13.5. The molecule has 19 heavy (non-hydrogen) atoms. The van der Waals surface area contributed by atoms with Gasteiger partial charge in [0, 0.05) is 19.6 Å². The Hall–Kier alpha value is -1.88. The van der Waals surface area contributed by atoms with Crippen LogP contribution in [0, 0.1) is 0 Å². The van der Waals surface area contributed by atoms with Crippen molar-refractivity contribution in [1.82, 2.24) is 10.2 Å². The third kappa shape index (κ3) is 3.12. The zero-order chi connectivity index (χ0) is 13.8. The first-order chi connectivity index (χ1) is 9.11. The van der Waals surface area contributed by atoms with Crippen molar-refractivity contribution in [2.45, 2.75) is 25.9 Å². The summed E-state index contributed by atoms with van der Waals surface area (Å²) in [4.78, 5) is 25.4. The topological polar surface area (TPSA) is 75.4 Å². The monoisotopic (exact) mass is 261 g/mol. The van der Waals surface area contributed by atoms with E-state index in [4.69, 9.17) is 5.73 Å². The number of carbonyl (C=O) groups excluding carboxylic acids is 2. The van der Waals surface area contributed by atoms with E-state index in [1.54, 1.807) is 11.8 Å². The predicted octanol–water partition coefficient (Wildman–Crippen LogP) is 0.0347. The van der Waals surface area contributed by atoms with Gasteiger partial charge < -0.3 is 16.0 Å². The molecule has 0 radical (unpaired) electrons. The number of carbonyl (C=O) groups is 2. The van der Waals surface area contributed by atoms with Crippen molar-refractivity contribution in [1.29, 1.82) is 0 Å². The molecule has 1 unspecified atom stereocenters. The summed E-state index contributed by atoms with van der Waals surface area (Å²) in [6.07, 6.45) is 0.322. The van der Waals surface area contributed by atoms with E-state index in [0.29, 0.717) is 26.1 Å². The molecule has 1 aliphatic heterocycles. The molecule has 1 heterocycles. The molecule has 2 rings (SSSR count). The molecule has 102 valence electrons. The highest BCUT2D eigenvalue weighted by Gasteiger charge is 2.28. The zero-order valence-electron chi connectivity index (χ0n) is 11.1. The Morgan fingerprint density at radius 3 is 2.63 bits per heavy atom. The number of piperazine rings is 1. The van der Waals surface area contributed by atoms with E-state index in [2.05, 4.69) is 5.32 Å². The van der Waals surface area contributed by atoms with Gasteiger partial charge in [0.25, 0.3) is 0 Å². The molecule has 0 saturated carbocycles. The van der Waals surface area contributed by atoms with E-state index in [1.807, 2.05) is 24.3 Å². The number of hydrogen-bond donors (Lipinski definition) is 2. The quantitative estimate of drug-likeness (QED) is 0.806. The van der Waals surface area contributed by atoms with Gasteiger partial charge in [-0.15, -0.1) is 0 Å². The van der Waals surface area contributed by atoms with Crippen LogP contribution >= 0.6 is 0 Å². The minimum atomic E-state index is -0.385. The molecule has 2 amide bonds. The molecule has 5 nitrogen and oxygen atoms in total. The molecule has 1 fully saturated rings. The highest BCUT2D eigenvalue weighted by atomic mass is 16.2. The Labute approximate surface area is 112 Å². The Bertz CT molecular complexity index is 470. The lowest BCUT2D eigenvalue weighted by atomic mass is 10.1. The SMILES string of the molecule is CC1C(=O)NCCN1C(=O)Cc1ccc(CN)cc1. The summed E-state index contributed by atoms with van der Waals surface area (Å²) in [5, 5.41) is 2.75. The van der Waals surface area contributed by atoms with Crippen molar-refractivity contribution in [3.05, 3.63) is 35.4 Å². The fourth-order valence-corrected chi connectivity index (χ4v) is 2.19. The van der Waals surface area contributed by atoms with Gasteiger partial charge in [-0.2, -0.15) is 0 Å². The Morgan fingerprint density at radius 2 is 2.00 bits per heavy atom. The minimum absolute atomic E-state index is 0.0113. The second-order valence-corrected chi connectivity index (χ2v) is 4.75. The molecule has 1 aliphatic rings. The number of nitrogens with one attached hydrogen (secondary N) is 1. The second-order valence-electron chi connectivity index (χ2n) is 4.75. The molecule has 0 bridgehead atoms. The number of hydrogen-bond acceptors (Lipinski definition) is 3. The predicted molar refractivity (Wildman–Crippen MR) is 72.2 cm³/mol. The van der Waals surface area contributed by atoms with Crippen LogP contribution in [-0.2, 0) is 22.6 Å². The maximum absolute atomic E-state index is 12.2. The van der Waals surface area contributed by atoms with Gasteiger partial charge in [-0.1, -0.05) is 24.3 Å². The number of rotatable bonds is 3. The lowest BCUT2D eigenvalue weighted by Crippen LogP contribution is -2.56. The van der Waals surface area contributed by atoms with Crippen molar-refractivity contribution in [3.63, 3.8) is 0 Å². The van der Waals surface area contributed by atoms with E-state index >= 15 is 0 Å². The van der Waals surface area contributed by atoms with Crippen LogP contribution in [0.1, 0.15) is 18.1 Å². The molecule has 1 atom stereocenters. The fraction of sp³-hybridized carbons (Fsp3) is 0.429. The molecule has 1 saturated heterocycles. The van der Waals surface area contributed by atoms with Crippen LogP contribution in [0.15, 0.2) is 24.3 Å². The molecule has 5 heteroatoms. The summed E-state index contributed by atoms with van der Waals surface area (Å²) in [6, 6.07) is 7.29. The molecule has 3 N–H and O–H groups in total. The summed E-state index contributed by atoms with van der Waals surface area (Å²) >= 11 is 0. The van der Waals surface area contributed by atoms with Crippen molar-refractivity contribution in [2.75, 3.05) is 13.1 Å². The number of nitrogens with two attached hydrogens (primary N) is 1. The Morgan fingerprint density at radius 1 is 1.37 bits per heavy atom.